The fourth-order valence-corrected chi connectivity index (χ4v) is 5.96. The third kappa shape index (κ3) is 33.7. The van der Waals surface area contributed by atoms with E-state index in [0.29, 0.717) is 0 Å². The van der Waals surface area contributed by atoms with Crippen LogP contribution in [0, 0.1) is 0 Å². The lowest BCUT2D eigenvalue weighted by molar-refractivity contribution is 0.157. The molecule has 0 radical (unpaired) electrons. The van der Waals surface area contributed by atoms with Crippen molar-refractivity contribution in [2.24, 2.45) is 0 Å². The van der Waals surface area contributed by atoms with Gasteiger partial charge in [-0.15, -0.1) is 0 Å². The molecule has 0 fully saturated rings. The van der Waals surface area contributed by atoms with E-state index < -0.39 is 10.4 Å². The van der Waals surface area contributed by atoms with Crippen molar-refractivity contribution in [3.8, 4) is 0 Å². The van der Waals surface area contributed by atoms with Gasteiger partial charge in [0.05, 0.1) is 6.10 Å². The fourth-order valence-electron chi connectivity index (χ4n) is 5.42. The summed E-state index contributed by atoms with van der Waals surface area (Å²) >= 11 is 0. The molecule has 5 heteroatoms. The van der Waals surface area contributed by atoms with Crippen LogP contribution in [0.15, 0.2) is 12.2 Å². The van der Waals surface area contributed by atoms with E-state index in [0.717, 1.165) is 38.5 Å². The number of allylic oxidation sites excluding steroid dienone is 2. The molecule has 0 bridgehead atoms. The SMILES string of the molecule is CCCCCCCC/C=C\CCCCCCCCC(CCCCCCCCCCCCCCC)OS(=O)(=O)O. The summed E-state index contributed by atoms with van der Waals surface area (Å²) in [6.07, 6.45) is 40.4. The van der Waals surface area contributed by atoms with Gasteiger partial charge < -0.3 is 0 Å². The molecule has 0 amide bonds. The standard InChI is InChI=1S/C34H68O4S/c1-3-5-7-9-11-13-15-17-18-19-21-23-25-27-29-31-33-34(38-39(35,36)37)32-30-28-26-24-22-20-16-14-12-10-8-6-4-2/h17-18,34H,3-16,19-33H2,1-2H3,(H,35,36,37)/b18-17-. The predicted molar refractivity (Wildman–Crippen MR) is 171 cm³/mol. The lowest BCUT2D eigenvalue weighted by Gasteiger charge is -2.15. The van der Waals surface area contributed by atoms with Crippen molar-refractivity contribution in [3.05, 3.63) is 12.2 Å². The highest BCUT2D eigenvalue weighted by Gasteiger charge is 2.16. The Balaban J connectivity index is 3.66. The quantitative estimate of drug-likeness (QED) is 0.0494. The summed E-state index contributed by atoms with van der Waals surface area (Å²) in [5.74, 6) is 0. The lowest BCUT2D eigenvalue weighted by Crippen LogP contribution is -2.18. The Bertz CT molecular complexity index is 602. The fraction of sp³-hybridized carbons (Fsp3) is 0.941. The summed E-state index contributed by atoms with van der Waals surface area (Å²) < 4.78 is 36.7. The first kappa shape index (κ1) is 38.6. The zero-order valence-corrected chi connectivity index (χ0v) is 27.1. The highest BCUT2D eigenvalue weighted by Crippen LogP contribution is 2.19. The minimum atomic E-state index is -4.37. The molecular formula is C34H68O4S. The van der Waals surface area contributed by atoms with Crippen LogP contribution in [0.4, 0.5) is 0 Å². The summed E-state index contributed by atoms with van der Waals surface area (Å²) in [6, 6.07) is 0. The summed E-state index contributed by atoms with van der Waals surface area (Å²) in [7, 11) is -4.37. The minimum absolute atomic E-state index is 0.371. The molecule has 234 valence electrons. The summed E-state index contributed by atoms with van der Waals surface area (Å²) in [6.45, 7) is 4.53. The summed E-state index contributed by atoms with van der Waals surface area (Å²) in [5.41, 5.74) is 0. The number of hydrogen-bond acceptors (Lipinski definition) is 3. The van der Waals surface area contributed by atoms with Crippen LogP contribution in [0.5, 0.6) is 0 Å². The maximum atomic E-state index is 11.3. The maximum absolute atomic E-state index is 11.3. The molecule has 4 nitrogen and oxygen atoms in total. The number of unbranched alkanes of at least 4 members (excludes halogenated alkanes) is 24. The zero-order chi connectivity index (χ0) is 28.7. The van der Waals surface area contributed by atoms with E-state index in [4.69, 9.17) is 4.18 Å². The van der Waals surface area contributed by atoms with E-state index in [1.54, 1.807) is 0 Å². The van der Waals surface area contributed by atoms with Gasteiger partial charge in [-0.05, 0) is 38.5 Å². The third-order valence-electron chi connectivity index (χ3n) is 7.93. The molecule has 0 saturated heterocycles. The molecule has 0 aromatic carbocycles. The van der Waals surface area contributed by atoms with Crippen molar-refractivity contribution < 1.29 is 17.2 Å². The first-order valence-electron chi connectivity index (χ1n) is 17.3. The Kier molecular flexibility index (Phi) is 30.3. The molecule has 0 rings (SSSR count). The highest BCUT2D eigenvalue weighted by molar-refractivity contribution is 7.80. The second-order valence-electron chi connectivity index (χ2n) is 11.9. The molecule has 1 unspecified atom stereocenters. The number of rotatable bonds is 32. The molecule has 0 aliphatic rings. The van der Waals surface area contributed by atoms with Gasteiger partial charge in [-0.1, -0.05) is 174 Å². The van der Waals surface area contributed by atoms with Crippen LogP contribution >= 0.6 is 0 Å². The molecule has 1 N–H and O–H groups in total. The van der Waals surface area contributed by atoms with Crippen LogP contribution in [0.25, 0.3) is 0 Å². The van der Waals surface area contributed by atoms with Crippen LogP contribution in [-0.2, 0) is 14.6 Å². The van der Waals surface area contributed by atoms with Gasteiger partial charge in [0.2, 0.25) is 0 Å². The average molecular weight is 573 g/mol. The van der Waals surface area contributed by atoms with Gasteiger partial charge in [0.15, 0.2) is 0 Å². The number of hydrogen-bond donors (Lipinski definition) is 1. The van der Waals surface area contributed by atoms with Gasteiger partial charge >= 0.3 is 10.4 Å². The maximum Gasteiger partial charge on any atom is 0.397 e. The Morgan fingerprint density at radius 1 is 0.487 bits per heavy atom. The highest BCUT2D eigenvalue weighted by atomic mass is 32.3. The van der Waals surface area contributed by atoms with Gasteiger partial charge in [0, 0.05) is 0 Å². The predicted octanol–water partition coefficient (Wildman–Crippen LogP) is 12.1. The van der Waals surface area contributed by atoms with Gasteiger partial charge in [-0.2, -0.15) is 8.42 Å². The topological polar surface area (TPSA) is 63.6 Å². The zero-order valence-electron chi connectivity index (χ0n) is 26.3. The molecule has 0 aromatic rings. The normalized spacial score (nSPS) is 13.0. The van der Waals surface area contributed by atoms with Crippen molar-refractivity contribution >= 4 is 10.4 Å². The van der Waals surface area contributed by atoms with Crippen LogP contribution in [0.2, 0.25) is 0 Å². The molecule has 0 aromatic heterocycles. The summed E-state index contributed by atoms with van der Waals surface area (Å²) in [5, 5.41) is 0. The summed E-state index contributed by atoms with van der Waals surface area (Å²) in [4.78, 5) is 0. The molecule has 0 aliphatic carbocycles. The Labute approximate surface area is 245 Å². The molecular weight excluding hydrogens is 504 g/mol. The van der Waals surface area contributed by atoms with Gasteiger partial charge in [-0.25, -0.2) is 4.18 Å². The Hall–Kier alpha value is -0.390. The van der Waals surface area contributed by atoms with Crippen molar-refractivity contribution in [2.45, 2.75) is 206 Å². The Morgan fingerprint density at radius 2 is 0.769 bits per heavy atom. The van der Waals surface area contributed by atoms with E-state index in [1.807, 2.05) is 0 Å². The van der Waals surface area contributed by atoms with Crippen LogP contribution in [0.3, 0.4) is 0 Å². The van der Waals surface area contributed by atoms with E-state index in [1.165, 1.54) is 148 Å². The molecule has 1 atom stereocenters. The first-order chi connectivity index (χ1) is 19.0. The van der Waals surface area contributed by atoms with Crippen LogP contribution in [-0.4, -0.2) is 19.1 Å². The van der Waals surface area contributed by atoms with E-state index in [-0.39, 0.29) is 6.10 Å². The van der Waals surface area contributed by atoms with Gasteiger partial charge in [0.1, 0.15) is 0 Å². The molecule has 0 spiro atoms. The largest absolute Gasteiger partial charge is 0.397 e. The molecule has 0 saturated carbocycles. The second-order valence-corrected chi connectivity index (χ2v) is 13.0. The molecule has 39 heavy (non-hydrogen) atoms. The average Bonchev–Trinajstić information content (AvgIpc) is 2.90. The van der Waals surface area contributed by atoms with Gasteiger partial charge in [-0.3, -0.25) is 4.55 Å². The van der Waals surface area contributed by atoms with Crippen molar-refractivity contribution in [3.63, 3.8) is 0 Å². The lowest BCUT2D eigenvalue weighted by atomic mass is 10.0. The van der Waals surface area contributed by atoms with E-state index in [2.05, 4.69) is 26.0 Å². The second kappa shape index (κ2) is 30.6. The van der Waals surface area contributed by atoms with Gasteiger partial charge in [0.25, 0.3) is 0 Å². The third-order valence-corrected chi connectivity index (χ3v) is 8.44. The minimum Gasteiger partial charge on any atom is -0.264 e. The van der Waals surface area contributed by atoms with Crippen LogP contribution in [0.1, 0.15) is 200 Å². The monoisotopic (exact) mass is 572 g/mol. The van der Waals surface area contributed by atoms with Crippen molar-refractivity contribution in [1.29, 1.82) is 0 Å². The first-order valence-corrected chi connectivity index (χ1v) is 18.7. The molecule has 0 aliphatic heterocycles. The molecule has 0 heterocycles. The van der Waals surface area contributed by atoms with Crippen molar-refractivity contribution in [2.75, 3.05) is 0 Å². The van der Waals surface area contributed by atoms with E-state index >= 15 is 0 Å². The Morgan fingerprint density at radius 3 is 1.08 bits per heavy atom. The van der Waals surface area contributed by atoms with Crippen molar-refractivity contribution in [1.82, 2.24) is 0 Å². The van der Waals surface area contributed by atoms with E-state index in [9.17, 15) is 13.0 Å². The smallest absolute Gasteiger partial charge is 0.264 e. The van der Waals surface area contributed by atoms with Crippen LogP contribution < -0.4 is 0 Å².